The maximum atomic E-state index is 11.5. The number of urea groups is 1. The number of benzene rings is 2. The van der Waals surface area contributed by atoms with Gasteiger partial charge >= 0.3 is 6.03 Å². The molecule has 0 aromatic heterocycles. The zero-order valence-electron chi connectivity index (χ0n) is 8.81. The molecular formula is C13H8N2O2. The molecule has 0 unspecified atom stereocenters. The summed E-state index contributed by atoms with van der Waals surface area (Å²) in [6, 6.07) is 12.8. The summed E-state index contributed by atoms with van der Waals surface area (Å²) in [5.74, 6) is -0.440. The van der Waals surface area contributed by atoms with Crippen molar-refractivity contribution in [1.29, 1.82) is 0 Å². The van der Waals surface area contributed by atoms with Crippen LogP contribution in [0.5, 0.6) is 0 Å². The minimum atomic E-state index is -0.599. The van der Waals surface area contributed by atoms with Gasteiger partial charge in [-0.3, -0.25) is 10.1 Å². The predicted octanol–water partition coefficient (Wildman–Crippen LogP) is 1.88. The highest BCUT2D eigenvalue weighted by atomic mass is 16.2. The molecule has 0 spiro atoms. The van der Waals surface area contributed by atoms with Gasteiger partial charge in [-0.25, -0.2) is 4.79 Å². The molecule has 1 N–H and O–H groups in total. The summed E-state index contributed by atoms with van der Waals surface area (Å²) in [5.41, 5.74) is 0.841. The summed E-state index contributed by atoms with van der Waals surface area (Å²) in [6.45, 7) is 0. The van der Waals surface area contributed by atoms with Crippen LogP contribution in [-0.2, 0) is 4.79 Å². The average molecular weight is 224 g/mol. The van der Waals surface area contributed by atoms with Crippen LogP contribution >= 0.6 is 0 Å². The van der Waals surface area contributed by atoms with Crippen LogP contribution in [0.1, 0.15) is 5.56 Å². The van der Waals surface area contributed by atoms with E-state index in [1.807, 2.05) is 36.4 Å². The SMILES string of the molecule is O=C1N=C(c2ccc3ccccc3c2)C(=O)N1. The van der Waals surface area contributed by atoms with Crippen LogP contribution in [0, 0.1) is 0 Å². The molecule has 1 aliphatic rings. The monoisotopic (exact) mass is 224 g/mol. The van der Waals surface area contributed by atoms with Gasteiger partial charge in [0.05, 0.1) is 0 Å². The van der Waals surface area contributed by atoms with E-state index in [0.29, 0.717) is 5.56 Å². The van der Waals surface area contributed by atoms with Gasteiger partial charge in [0, 0.05) is 5.56 Å². The van der Waals surface area contributed by atoms with E-state index in [0.717, 1.165) is 10.8 Å². The number of aliphatic imine (C=N–C) groups is 1. The third kappa shape index (κ3) is 1.59. The largest absolute Gasteiger partial charge is 0.348 e. The molecule has 0 aliphatic carbocycles. The second-order valence-corrected chi connectivity index (χ2v) is 3.78. The van der Waals surface area contributed by atoms with E-state index in [2.05, 4.69) is 10.3 Å². The van der Waals surface area contributed by atoms with Gasteiger partial charge in [-0.2, -0.15) is 4.99 Å². The van der Waals surface area contributed by atoms with Crippen LogP contribution in [0.3, 0.4) is 0 Å². The molecule has 2 aromatic carbocycles. The summed E-state index contributed by atoms with van der Waals surface area (Å²) < 4.78 is 0. The van der Waals surface area contributed by atoms with Crippen molar-refractivity contribution in [2.45, 2.75) is 0 Å². The Morgan fingerprint density at radius 2 is 1.71 bits per heavy atom. The third-order valence-electron chi connectivity index (χ3n) is 2.67. The number of carbonyl (C=O) groups excluding carboxylic acids is 2. The summed E-state index contributed by atoms with van der Waals surface area (Å²) in [4.78, 5) is 26.1. The van der Waals surface area contributed by atoms with Crippen molar-refractivity contribution in [3.8, 4) is 0 Å². The van der Waals surface area contributed by atoms with Crippen molar-refractivity contribution >= 4 is 28.4 Å². The van der Waals surface area contributed by atoms with E-state index >= 15 is 0 Å². The Hall–Kier alpha value is -2.49. The lowest BCUT2D eigenvalue weighted by Crippen LogP contribution is -2.25. The third-order valence-corrected chi connectivity index (χ3v) is 2.67. The van der Waals surface area contributed by atoms with Crippen molar-refractivity contribution in [2.75, 3.05) is 0 Å². The number of nitrogens with zero attached hydrogens (tertiary/aromatic N) is 1. The molecule has 0 fully saturated rings. The summed E-state index contributed by atoms with van der Waals surface area (Å²) in [5, 5.41) is 4.23. The molecule has 3 rings (SSSR count). The van der Waals surface area contributed by atoms with Crippen LogP contribution in [0.4, 0.5) is 4.79 Å². The summed E-state index contributed by atoms with van der Waals surface area (Å²) >= 11 is 0. The van der Waals surface area contributed by atoms with Crippen LogP contribution in [0.15, 0.2) is 47.5 Å². The molecule has 3 amide bonds. The Labute approximate surface area is 97.0 Å². The Morgan fingerprint density at radius 3 is 2.41 bits per heavy atom. The van der Waals surface area contributed by atoms with Crippen LogP contribution in [-0.4, -0.2) is 17.6 Å². The average Bonchev–Trinajstić information content (AvgIpc) is 2.68. The number of nitrogens with one attached hydrogen (secondary N) is 1. The number of hydrogen-bond donors (Lipinski definition) is 1. The second-order valence-electron chi connectivity index (χ2n) is 3.78. The molecule has 17 heavy (non-hydrogen) atoms. The molecule has 4 nitrogen and oxygen atoms in total. The summed E-state index contributed by atoms with van der Waals surface area (Å²) in [7, 11) is 0. The fourth-order valence-electron chi connectivity index (χ4n) is 1.87. The Kier molecular flexibility index (Phi) is 2.01. The number of rotatable bonds is 1. The highest BCUT2D eigenvalue weighted by molar-refractivity contribution is 6.51. The Morgan fingerprint density at radius 1 is 0.941 bits per heavy atom. The lowest BCUT2D eigenvalue weighted by molar-refractivity contribution is -0.113. The minimum Gasteiger partial charge on any atom is -0.271 e. The normalized spacial score (nSPS) is 14.9. The molecule has 82 valence electrons. The van der Waals surface area contributed by atoms with Gasteiger partial charge < -0.3 is 0 Å². The molecule has 1 heterocycles. The van der Waals surface area contributed by atoms with Gasteiger partial charge in [0.1, 0.15) is 5.71 Å². The number of amides is 3. The maximum Gasteiger partial charge on any atom is 0.348 e. The highest BCUT2D eigenvalue weighted by Gasteiger charge is 2.24. The van der Waals surface area contributed by atoms with Crippen molar-refractivity contribution in [1.82, 2.24) is 5.32 Å². The molecule has 1 aliphatic heterocycles. The topological polar surface area (TPSA) is 58.5 Å². The first-order chi connectivity index (χ1) is 8.24. The quantitative estimate of drug-likeness (QED) is 0.803. The fourth-order valence-corrected chi connectivity index (χ4v) is 1.87. The van der Waals surface area contributed by atoms with E-state index in [-0.39, 0.29) is 5.71 Å². The predicted molar refractivity (Wildman–Crippen MR) is 64.0 cm³/mol. The van der Waals surface area contributed by atoms with Gasteiger partial charge in [0.25, 0.3) is 5.91 Å². The Bertz CT molecular complexity index is 674. The first-order valence-corrected chi connectivity index (χ1v) is 5.17. The van der Waals surface area contributed by atoms with Gasteiger partial charge in [-0.15, -0.1) is 0 Å². The van der Waals surface area contributed by atoms with E-state index in [1.165, 1.54) is 0 Å². The summed E-state index contributed by atoms with van der Waals surface area (Å²) in [6.07, 6.45) is 0. The van der Waals surface area contributed by atoms with Crippen LogP contribution < -0.4 is 5.32 Å². The maximum absolute atomic E-state index is 11.5. The molecule has 0 radical (unpaired) electrons. The molecule has 0 bridgehead atoms. The van der Waals surface area contributed by atoms with E-state index in [4.69, 9.17) is 0 Å². The first-order valence-electron chi connectivity index (χ1n) is 5.17. The van der Waals surface area contributed by atoms with E-state index in [1.54, 1.807) is 6.07 Å². The highest BCUT2D eigenvalue weighted by Crippen LogP contribution is 2.17. The smallest absolute Gasteiger partial charge is 0.271 e. The molecule has 0 atom stereocenters. The molecule has 2 aromatic rings. The lowest BCUT2D eigenvalue weighted by atomic mass is 10.0. The fraction of sp³-hybridized carbons (Fsp3) is 0. The number of imide groups is 1. The van der Waals surface area contributed by atoms with Gasteiger partial charge in [-0.05, 0) is 16.8 Å². The zero-order chi connectivity index (χ0) is 11.8. The van der Waals surface area contributed by atoms with Crippen molar-refractivity contribution in [3.63, 3.8) is 0 Å². The number of fused-ring (bicyclic) bond motifs is 1. The standard InChI is InChI=1S/C13H8N2O2/c16-12-11(14-13(17)15-12)10-6-5-8-3-1-2-4-9(8)7-10/h1-7H,(H,15,16,17). The van der Waals surface area contributed by atoms with Crippen molar-refractivity contribution < 1.29 is 9.59 Å². The van der Waals surface area contributed by atoms with Crippen LogP contribution in [0.25, 0.3) is 10.8 Å². The molecular weight excluding hydrogens is 216 g/mol. The molecule has 4 heteroatoms. The van der Waals surface area contributed by atoms with E-state index < -0.39 is 11.9 Å². The van der Waals surface area contributed by atoms with Gasteiger partial charge in [0.2, 0.25) is 0 Å². The van der Waals surface area contributed by atoms with E-state index in [9.17, 15) is 9.59 Å². The van der Waals surface area contributed by atoms with Crippen molar-refractivity contribution in [3.05, 3.63) is 48.0 Å². The first kappa shape index (κ1) is 9.72. The van der Waals surface area contributed by atoms with Gasteiger partial charge in [0.15, 0.2) is 0 Å². The molecule has 0 saturated heterocycles. The second kappa shape index (κ2) is 3.52. The minimum absolute atomic E-state index is 0.181. The van der Waals surface area contributed by atoms with Gasteiger partial charge in [-0.1, -0.05) is 36.4 Å². The lowest BCUT2D eigenvalue weighted by Gasteiger charge is -2.01. The Balaban J connectivity index is 2.16. The van der Waals surface area contributed by atoms with Crippen LogP contribution in [0.2, 0.25) is 0 Å². The number of carbonyl (C=O) groups is 2. The van der Waals surface area contributed by atoms with Crippen molar-refractivity contribution in [2.24, 2.45) is 4.99 Å². The molecule has 0 saturated carbocycles. The zero-order valence-corrected chi connectivity index (χ0v) is 8.81. The number of hydrogen-bond acceptors (Lipinski definition) is 2.